The van der Waals surface area contributed by atoms with Crippen molar-refractivity contribution in [2.75, 3.05) is 30.9 Å². The smallest absolute Gasteiger partial charge is 0.227 e. The van der Waals surface area contributed by atoms with Crippen LogP contribution < -0.4 is 10.2 Å². The Labute approximate surface area is 160 Å². The van der Waals surface area contributed by atoms with Gasteiger partial charge in [0.25, 0.3) is 0 Å². The Morgan fingerprint density at radius 3 is 2.78 bits per heavy atom. The van der Waals surface area contributed by atoms with Gasteiger partial charge < -0.3 is 15.1 Å². The number of pyridine rings is 1. The minimum atomic E-state index is 0.0738. The molecular weight excluding hydrogens is 340 g/mol. The summed E-state index contributed by atoms with van der Waals surface area (Å²) < 4.78 is 0. The van der Waals surface area contributed by atoms with Gasteiger partial charge in [0, 0.05) is 39.3 Å². The molecule has 1 atom stereocenters. The maximum absolute atomic E-state index is 11.8. The first-order valence-electron chi connectivity index (χ1n) is 9.40. The number of hydrogen-bond donors (Lipinski definition) is 1. The standard InChI is InChI=1S/C20H28N6O/c1-6-16(17-11-13(2)7-9-21-17)22-19-15-8-10-26(14(3)27)12-18(15)23-20(24-19)25(4)5/h7,9,11,16H,6,8,10,12H2,1-5H3,(H,22,23,24)/t16-/m1/s1. The number of hydrogen-bond acceptors (Lipinski definition) is 6. The number of carbonyl (C=O) groups is 1. The van der Waals surface area contributed by atoms with Crippen LogP contribution in [0.4, 0.5) is 11.8 Å². The van der Waals surface area contributed by atoms with Crippen molar-refractivity contribution < 1.29 is 4.79 Å². The molecule has 144 valence electrons. The van der Waals surface area contributed by atoms with E-state index in [2.05, 4.69) is 30.2 Å². The number of nitrogens with one attached hydrogen (secondary N) is 1. The summed E-state index contributed by atoms with van der Waals surface area (Å²) in [5.74, 6) is 1.58. The molecule has 0 saturated heterocycles. The molecule has 3 rings (SSSR count). The summed E-state index contributed by atoms with van der Waals surface area (Å²) in [6.07, 6.45) is 3.50. The van der Waals surface area contributed by atoms with E-state index in [1.807, 2.05) is 36.2 Å². The Hall–Kier alpha value is -2.70. The molecule has 7 heteroatoms. The molecule has 1 N–H and O–H groups in total. The highest BCUT2D eigenvalue weighted by atomic mass is 16.2. The van der Waals surface area contributed by atoms with Gasteiger partial charge in [-0.3, -0.25) is 9.78 Å². The van der Waals surface area contributed by atoms with Crippen molar-refractivity contribution in [3.05, 3.63) is 40.8 Å². The third kappa shape index (κ3) is 4.18. The maximum Gasteiger partial charge on any atom is 0.227 e. The Bertz CT molecular complexity index is 835. The van der Waals surface area contributed by atoms with E-state index in [9.17, 15) is 4.79 Å². The summed E-state index contributed by atoms with van der Waals surface area (Å²) >= 11 is 0. The number of fused-ring (bicyclic) bond motifs is 1. The van der Waals surface area contributed by atoms with Gasteiger partial charge in [-0.05, 0) is 37.5 Å². The van der Waals surface area contributed by atoms with Crippen LogP contribution in [-0.4, -0.2) is 46.4 Å². The van der Waals surface area contributed by atoms with E-state index >= 15 is 0 Å². The van der Waals surface area contributed by atoms with Gasteiger partial charge in [0.05, 0.1) is 24.0 Å². The fourth-order valence-electron chi connectivity index (χ4n) is 3.31. The third-order valence-electron chi connectivity index (χ3n) is 4.91. The highest BCUT2D eigenvalue weighted by Crippen LogP contribution is 2.29. The molecule has 0 saturated carbocycles. The van der Waals surface area contributed by atoms with E-state index < -0.39 is 0 Å². The molecule has 27 heavy (non-hydrogen) atoms. The van der Waals surface area contributed by atoms with Crippen molar-refractivity contribution in [1.29, 1.82) is 0 Å². The molecule has 2 aromatic heterocycles. The third-order valence-corrected chi connectivity index (χ3v) is 4.91. The minimum Gasteiger partial charge on any atom is -0.361 e. The average Bonchev–Trinajstić information content (AvgIpc) is 2.65. The molecule has 3 heterocycles. The zero-order valence-electron chi connectivity index (χ0n) is 16.8. The van der Waals surface area contributed by atoms with E-state index in [4.69, 9.17) is 9.97 Å². The number of anilines is 2. The van der Waals surface area contributed by atoms with Crippen molar-refractivity contribution in [2.24, 2.45) is 0 Å². The molecule has 0 aromatic carbocycles. The van der Waals surface area contributed by atoms with E-state index in [0.29, 0.717) is 19.0 Å². The van der Waals surface area contributed by atoms with Gasteiger partial charge in [0.2, 0.25) is 11.9 Å². The molecule has 0 radical (unpaired) electrons. The second kappa shape index (κ2) is 7.90. The fourth-order valence-corrected chi connectivity index (χ4v) is 3.31. The molecule has 2 aromatic rings. The second-order valence-corrected chi connectivity index (χ2v) is 7.25. The first kappa shape index (κ1) is 19.1. The first-order valence-corrected chi connectivity index (χ1v) is 9.40. The van der Waals surface area contributed by atoms with Crippen LogP contribution in [0.5, 0.6) is 0 Å². The lowest BCUT2D eigenvalue weighted by molar-refractivity contribution is -0.129. The van der Waals surface area contributed by atoms with Crippen molar-refractivity contribution in [1.82, 2.24) is 19.9 Å². The fraction of sp³-hybridized carbons (Fsp3) is 0.500. The van der Waals surface area contributed by atoms with Crippen LogP contribution in [0.2, 0.25) is 0 Å². The van der Waals surface area contributed by atoms with E-state index in [1.165, 1.54) is 5.56 Å². The highest BCUT2D eigenvalue weighted by molar-refractivity contribution is 5.73. The lowest BCUT2D eigenvalue weighted by atomic mass is 10.0. The molecule has 0 unspecified atom stereocenters. The number of amides is 1. The molecule has 0 spiro atoms. The Morgan fingerprint density at radius 1 is 1.37 bits per heavy atom. The Balaban J connectivity index is 1.97. The summed E-state index contributed by atoms with van der Waals surface area (Å²) in [5.41, 5.74) is 4.22. The average molecular weight is 368 g/mol. The van der Waals surface area contributed by atoms with Crippen LogP contribution in [0, 0.1) is 6.92 Å². The molecule has 0 bridgehead atoms. The zero-order valence-corrected chi connectivity index (χ0v) is 16.8. The van der Waals surface area contributed by atoms with Crippen LogP contribution in [0.3, 0.4) is 0 Å². The van der Waals surface area contributed by atoms with Crippen LogP contribution in [0.1, 0.15) is 48.8 Å². The zero-order chi connectivity index (χ0) is 19.6. The number of nitrogens with zero attached hydrogens (tertiary/aromatic N) is 5. The van der Waals surface area contributed by atoms with Crippen molar-refractivity contribution >= 4 is 17.7 Å². The van der Waals surface area contributed by atoms with E-state index in [-0.39, 0.29) is 11.9 Å². The molecule has 0 fully saturated rings. The van der Waals surface area contributed by atoms with Crippen LogP contribution in [0.15, 0.2) is 18.3 Å². The lowest BCUT2D eigenvalue weighted by Crippen LogP contribution is -2.36. The molecular formula is C20H28N6O. The van der Waals surface area contributed by atoms with Crippen LogP contribution >= 0.6 is 0 Å². The monoisotopic (exact) mass is 368 g/mol. The summed E-state index contributed by atoms with van der Waals surface area (Å²) in [4.78, 5) is 29.5. The normalized spacial score (nSPS) is 14.5. The predicted molar refractivity (Wildman–Crippen MR) is 107 cm³/mol. The van der Waals surface area contributed by atoms with Gasteiger partial charge in [-0.1, -0.05) is 6.92 Å². The number of carbonyl (C=O) groups excluding carboxylic acids is 1. The second-order valence-electron chi connectivity index (χ2n) is 7.25. The quantitative estimate of drug-likeness (QED) is 0.875. The van der Waals surface area contributed by atoms with Crippen molar-refractivity contribution in [2.45, 2.75) is 46.2 Å². The van der Waals surface area contributed by atoms with Crippen molar-refractivity contribution in [3.63, 3.8) is 0 Å². The van der Waals surface area contributed by atoms with Gasteiger partial charge >= 0.3 is 0 Å². The highest BCUT2D eigenvalue weighted by Gasteiger charge is 2.25. The molecule has 7 nitrogen and oxygen atoms in total. The van der Waals surface area contributed by atoms with Gasteiger partial charge in [-0.2, -0.15) is 4.98 Å². The van der Waals surface area contributed by atoms with E-state index in [1.54, 1.807) is 6.92 Å². The lowest BCUT2D eigenvalue weighted by Gasteiger charge is -2.30. The Kier molecular flexibility index (Phi) is 5.58. The first-order chi connectivity index (χ1) is 12.9. The van der Waals surface area contributed by atoms with Gasteiger partial charge in [0.15, 0.2) is 0 Å². The van der Waals surface area contributed by atoms with Crippen LogP contribution in [0.25, 0.3) is 0 Å². The summed E-state index contributed by atoms with van der Waals surface area (Å²) in [6.45, 7) is 7.04. The van der Waals surface area contributed by atoms with Gasteiger partial charge in [0.1, 0.15) is 5.82 Å². The number of rotatable bonds is 5. The summed E-state index contributed by atoms with van der Waals surface area (Å²) in [6, 6.07) is 4.19. The minimum absolute atomic E-state index is 0.0738. The molecule has 1 amide bonds. The van der Waals surface area contributed by atoms with Gasteiger partial charge in [-0.25, -0.2) is 4.98 Å². The summed E-state index contributed by atoms with van der Waals surface area (Å²) in [5, 5.41) is 3.60. The topological polar surface area (TPSA) is 74.2 Å². The largest absolute Gasteiger partial charge is 0.361 e. The molecule has 0 aliphatic carbocycles. The van der Waals surface area contributed by atoms with Crippen LogP contribution in [-0.2, 0) is 17.8 Å². The predicted octanol–water partition coefficient (Wildman–Crippen LogP) is 2.71. The Morgan fingerprint density at radius 2 is 2.15 bits per heavy atom. The molecule has 1 aliphatic heterocycles. The summed E-state index contributed by atoms with van der Waals surface area (Å²) in [7, 11) is 3.85. The SMILES string of the molecule is CC[C@@H](Nc1nc(N(C)C)nc2c1CCN(C(C)=O)C2)c1cc(C)ccn1. The van der Waals surface area contributed by atoms with Crippen molar-refractivity contribution in [3.8, 4) is 0 Å². The number of aryl methyl sites for hydroxylation is 1. The van der Waals surface area contributed by atoms with Gasteiger partial charge in [-0.15, -0.1) is 0 Å². The number of aromatic nitrogens is 3. The van der Waals surface area contributed by atoms with E-state index in [0.717, 1.165) is 35.6 Å². The maximum atomic E-state index is 11.8. The molecule has 1 aliphatic rings.